The topological polar surface area (TPSA) is 112 Å². The third-order valence-corrected chi connectivity index (χ3v) is 6.03. The van der Waals surface area contributed by atoms with E-state index in [0.29, 0.717) is 38.3 Å². The number of ether oxygens (including phenoxy) is 1. The van der Waals surface area contributed by atoms with Crippen LogP contribution in [0.2, 0.25) is 0 Å². The highest BCUT2D eigenvalue weighted by Gasteiger charge is 2.25. The van der Waals surface area contributed by atoms with Crippen molar-refractivity contribution in [1.29, 1.82) is 5.41 Å². The smallest absolute Gasteiger partial charge is 0.345 e. The van der Waals surface area contributed by atoms with Crippen LogP contribution in [0, 0.1) is 11.3 Å². The summed E-state index contributed by atoms with van der Waals surface area (Å²) < 4.78 is 5.93. The van der Waals surface area contributed by atoms with E-state index in [1.54, 1.807) is 21.9 Å². The van der Waals surface area contributed by atoms with E-state index in [2.05, 4.69) is 4.99 Å². The van der Waals surface area contributed by atoms with Gasteiger partial charge in [0.1, 0.15) is 11.6 Å². The number of aliphatic imine (C=N–C) groups is 1. The highest BCUT2D eigenvalue weighted by molar-refractivity contribution is 6.01. The Morgan fingerprint density at radius 1 is 1.12 bits per heavy atom. The third-order valence-electron chi connectivity index (χ3n) is 6.03. The molecule has 2 aliphatic rings. The van der Waals surface area contributed by atoms with Gasteiger partial charge in [0.25, 0.3) is 5.91 Å². The molecule has 8 nitrogen and oxygen atoms in total. The SMILES string of the molecule is N=C/C=C\C(N)=N\C(=O)N1CCN(C(=O)c2cccc(OCCC3CCCCC3)c2)CC1. The number of carbonyl (C=O) groups is 2. The minimum absolute atomic E-state index is 0.0531. The minimum Gasteiger partial charge on any atom is -0.494 e. The number of rotatable bonds is 7. The molecule has 1 aliphatic heterocycles. The molecule has 2 fully saturated rings. The summed E-state index contributed by atoms with van der Waals surface area (Å²) in [4.78, 5) is 32.3. The van der Waals surface area contributed by atoms with Gasteiger partial charge >= 0.3 is 6.03 Å². The van der Waals surface area contributed by atoms with E-state index in [4.69, 9.17) is 15.9 Å². The molecular weight excluding hydrogens is 406 g/mol. The number of amides is 3. The largest absolute Gasteiger partial charge is 0.494 e. The molecule has 3 N–H and O–H groups in total. The second kappa shape index (κ2) is 12.0. The summed E-state index contributed by atoms with van der Waals surface area (Å²) >= 11 is 0. The first kappa shape index (κ1) is 23.5. The van der Waals surface area contributed by atoms with Crippen molar-refractivity contribution >= 4 is 24.0 Å². The van der Waals surface area contributed by atoms with Crippen molar-refractivity contribution < 1.29 is 14.3 Å². The lowest BCUT2D eigenvalue weighted by Gasteiger charge is -2.33. The molecule has 0 unspecified atom stereocenters. The lowest BCUT2D eigenvalue weighted by atomic mass is 9.87. The maximum absolute atomic E-state index is 12.9. The average molecular weight is 440 g/mol. The van der Waals surface area contributed by atoms with Crippen molar-refractivity contribution in [3.63, 3.8) is 0 Å². The Hall–Kier alpha value is -3.16. The highest BCUT2D eigenvalue weighted by Crippen LogP contribution is 2.26. The Morgan fingerprint density at radius 3 is 2.56 bits per heavy atom. The summed E-state index contributed by atoms with van der Waals surface area (Å²) in [7, 11) is 0. The lowest BCUT2D eigenvalue weighted by Crippen LogP contribution is -2.50. The van der Waals surface area contributed by atoms with Crippen molar-refractivity contribution in [3.8, 4) is 5.75 Å². The van der Waals surface area contributed by atoms with E-state index in [9.17, 15) is 9.59 Å². The van der Waals surface area contributed by atoms with Crippen LogP contribution in [0.1, 0.15) is 48.9 Å². The lowest BCUT2D eigenvalue weighted by molar-refractivity contribution is 0.0669. The van der Waals surface area contributed by atoms with Gasteiger partial charge in [-0.3, -0.25) is 4.79 Å². The minimum atomic E-state index is -0.433. The van der Waals surface area contributed by atoms with Crippen LogP contribution in [0.4, 0.5) is 4.79 Å². The molecule has 0 aromatic heterocycles. The molecule has 1 aliphatic carbocycles. The van der Waals surface area contributed by atoms with Crippen LogP contribution in [0.5, 0.6) is 5.75 Å². The summed E-state index contributed by atoms with van der Waals surface area (Å²) in [5, 5.41) is 6.93. The quantitative estimate of drug-likeness (QED) is 0.500. The van der Waals surface area contributed by atoms with Crippen LogP contribution in [-0.4, -0.2) is 66.6 Å². The molecule has 3 rings (SSSR count). The van der Waals surface area contributed by atoms with E-state index in [-0.39, 0.29) is 11.7 Å². The van der Waals surface area contributed by atoms with Gasteiger partial charge in [0, 0.05) is 38.0 Å². The van der Waals surface area contributed by atoms with Gasteiger partial charge in [0.2, 0.25) is 0 Å². The van der Waals surface area contributed by atoms with Crippen molar-refractivity contribution in [2.24, 2.45) is 16.6 Å². The van der Waals surface area contributed by atoms with E-state index in [0.717, 1.165) is 24.3 Å². The number of hydrogen-bond acceptors (Lipinski definition) is 4. The van der Waals surface area contributed by atoms with Gasteiger partial charge in [-0.1, -0.05) is 38.2 Å². The van der Waals surface area contributed by atoms with Gasteiger partial charge in [0.05, 0.1) is 6.61 Å². The molecule has 172 valence electrons. The van der Waals surface area contributed by atoms with Crippen LogP contribution < -0.4 is 10.5 Å². The fourth-order valence-corrected chi connectivity index (χ4v) is 4.19. The molecule has 1 aromatic carbocycles. The van der Waals surface area contributed by atoms with Gasteiger partial charge in [-0.25, -0.2) is 4.79 Å². The first-order chi connectivity index (χ1) is 15.6. The molecule has 8 heteroatoms. The maximum atomic E-state index is 12.9. The number of allylic oxidation sites excluding steroid dienone is 1. The van der Waals surface area contributed by atoms with Crippen molar-refractivity contribution in [2.75, 3.05) is 32.8 Å². The predicted octanol–water partition coefficient (Wildman–Crippen LogP) is 3.48. The number of nitrogens with one attached hydrogen (secondary N) is 1. The number of urea groups is 1. The molecule has 0 spiro atoms. The summed E-state index contributed by atoms with van der Waals surface area (Å²) in [5.74, 6) is 1.48. The Labute approximate surface area is 189 Å². The molecule has 32 heavy (non-hydrogen) atoms. The molecule has 1 heterocycles. The molecular formula is C24H33N5O3. The first-order valence-corrected chi connectivity index (χ1v) is 11.4. The van der Waals surface area contributed by atoms with Gasteiger partial charge in [-0.2, -0.15) is 4.99 Å². The summed E-state index contributed by atoms with van der Waals surface area (Å²) in [6.45, 7) is 2.34. The van der Waals surface area contributed by atoms with E-state index >= 15 is 0 Å². The summed E-state index contributed by atoms with van der Waals surface area (Å²) in [6, 6.07) is 6.92. The first-order valence-electron chi connectivity index (χ1n) is 11.4. The maximum Gasteiger partial charge on any atom is 0.345 e. The number of amidine groups is 1. The van der Waals surface area contributed by atoms with Crippen molar-refractivity contribution in [2.45, 2.75) is 38.5 Å². The Morgan fingerprint density at radius 2 is 1.84 bits per heavy atom. The molecule has 1 saturated carbocycles. The number of nitrogens with zero attached hydrogens (tertiary/aromatic N) is 3. The fourth-order valence-electron chi connectivity index (χ4n) is 4.19. The second-order valence-corrected chi connectivity index (χ2v) is 8.29. The zero-order valence-electron chi connectivity index (χ0n) is 18.5. The third kappa shape index (κ3) is 6.93. The van der Waals surface area contributed by atoms with Gasteiger partial charge in [0.15, 0.2) is 0 Å². The van der Waals surface area contributed by atoms with Gasteiger partial charge in [-0.05, 0) is 42.7 Å². The predicted molar refractivity (Wildman–Crippen MR) is 126 cm³/mol. The van der Waals surface area contributed by atoms with Crippen molar-refractivity contribution in [3.05, 3.63) is 42.0 Å². The fraction of sp³-hybridized carbons (Fsp3) is 0.500. The molecule has 3 amide bonds. The average Bonchev–Trinajstić information content (AvgIpc) is 2.83. The Balaban J connectivity index is 1.48. The molecule has 0 bridgehead atoms. The number of hydrogen-bond donors (Lipinski definition) is 2. The van der Waals surface area contributed by atoms with Gasteiger partial charge < -0.3 is 25.7 Å². The van der Waals surface area contributed by atoms with E-state index < -0.39 is 6.03 Å². The van der Waals surface area contributed by atoms with Crippen LogP contribution in [0.25, 0.3) is 0 Å². The Kier molecular flexibility index (Phi) is 8.83. The van der Waals surface area contributed by atoms with Crippen molar-refractivity contribution in [1.82, 2.24) is 9.80 Å². The van der Waals surface area contributed by atoms with E-state index in [1.165, 1.54) is 44.3 Å². The van der Waals surface area contributed by atoms with Crippen LogP contribution in [-0.2, 0) is 0 Å². The zero-order valence-corrected chi connectivity index (χ0v) is 18.5. The van der Waals surface area contributed by atoms with Crippen LogP contribution in [0.3, 0.4) is 0 Å². The number of piperazine rings is 1. The normalized spacial score (nSPS) is 18.1. The van der Waals surface area contributed by atoms with Crippen LogP contribution >= 0.6 is 0 Å². The standard InChI is InChI=1S/C24H33N5O3/c25-12-5-10-22(26)27-24(31)29-15-13-28(14-16-29)23(30)20-8-4-9-21(18-20)32-17-11-19-6-2-1-3-7-19/h4-5,8-10,12,18-19,25H,1-3,6-7,11,13-17H2,(H2,26,27,31)/b10-5-,25-12?. The summed E-state index contributed by atoms with van der Waals surface area (Å²) in [6.07, 6.45) is 11.5. The van der Waals surface area contributed by atoms with Gasteiger partial charge in [-0.15, -0.1) is 0 Å². The number of nitrogens with two attached hydrogens (primary N) is 1. The summed E-state index contributed by atoms with van der Waals surface area (Å²) in [5.41, 5.74) is 6.24. The molecule has 0 atom stereocenters. The second-order valence-electron chi connectivity index (χ2n) is 8.29. The number of benzene rings is 1. The molecule has 1 saturated heterocycles. The monoisotopic (exact) mass is 439 g/mol. The highest BCUT2D eigenvalue weighted by atomic mass is 16.5. The number of carbonyl (C=O) groups excluding carboxylic acids is 2. The molecule has 1 aromatic rings. The van der Waals surface area contributed by atoms with E-state index in [1.807, 2.05) is 12.1 Å². The van der Waals surface area contributed by atoms with Crippen LogP contribution in [0.15, 0.2) is 41.4 Å². The molecule has 0 radical (unpaired) electrons. The zero-order chi connectivity index (χ0) is 22.8. The Bertz CT molecular complexity index is 853.